The molecule has 1 aromatic rings. The second kappa shape index (κ2) is 6.97. The summed E-state index contributed by atoms with van der Waals surface area (Å²) in [7, 11) is 0. The average Bonchev–Trinajstić information content (AvgIpc) is 2.46. The molecule has 1 fully saturated rings. The molecule has 0 radical (unpaired) electrons. The molecule has 1 aliphatic rings. The Morgan fingerprint density at radius 1 is 1.29 bits per heavy atom. The maximum absolute atomic E-state index is 11.8. The minimum Gasteiger partial charge on any atom is -0.504 e. The fraction of sp³-hybridized carbons (Fsp3) is 0.467. The summed E-state index contributed by atoms with van der Waals surface area (Å²) < 4.78 is 5.24. The molecule has 2 atom stereocenters. The monoisotopic (exact) mass is 293 g/mol. The van der Waals surface area contributed by atoms with Crippen LogP contribution in [0.1, 0.15) is 25.7 Å². The number of carbonyl (C=O) groups is 2. The van der Waals surface area contributed by atoms with Crippen LogP contribution < -0.4 is 10.1 Å². The van der Waals surface area contributed by atoms with Gasteiger partial charge in [0.1, 0.15) is 0 Å². The van der Waals surface area contributed by atoms with Gasteiger partial charge in [0.15, 0.2) is 18.1 Å². The highest BCUT2D eigenvalue weighted by Gasteiger charge is 2.27. The first kappa shape index (κ1) is 15.2. The van der Waals surface area contributed by atoms with Crippen molar-refractivity contribution < 1.29 is 24.5 Å². The van der Waals surface area contributed by atoms with E-state index in [1.165, 1.54) is 6.07 Å². The Kier molecular flexibility index (Phi) is 5.03. The van der Waals surface area contributed by atoms with Gasteiger partial charge in [0, 0.05) is 6.04 Å². The van der Waals surface area contributed by atoms with Crippen molar-refractivity contribution in [1.82, 2.24) is 5.32 Å². The van der Waals surface area contributed by atoms with Crippen molar-refractivity contribution in [2.45, 2.75) is 31.7 Å². The summed E-state index contributed by atoms with van der Waals surface area (Å²) in [5.74, 6) is -1.27. The lowest BCUT2D eigenvalue weighted by Crippen LogP contribution is -2.41. The number of hydrogen-bond acceptors (Lipinski definition) is 4. The zero-order valence-corrected chi connectivity index (χ0v) is 11.6. The second-order valence-electron chi connectivity index (χ2n) is 5.22. The van der Waals surface area contributed by atoms with Crippen molar-refractivity contribution in [3.63, 3.8) is 0 Å². The molecule has 3 N–H and O–H groups in total. The lowest BCUT2D eigenvalue weighted by atomic mass is 9.86. The fourth-order valence-electron chi connectivity index (χ4n) is 2.54. The molecule has 1 saturated carbocycles. The summed E-state index contributed by atoms with van der Waals surface area (Å²) >= 11 is 0. The highest BCUT2D eigenvalue weighted by Crippen LogP contribution is 2.25. The van der Waals surface area contributed by atoms with E-state index in [0.717, 1.165) is 12.8 Å². The molecule has 6 nitrogen and oxygen atoms in total. The largest absolute Gasteiger partial charge is 0.504 e. The Morgan fingerprint density at radius 3 is 2.76 bits per heavy atom. The predicted molar refractivity (Wildman–Crippen MR) is 75.1 cm³/mol. The van der Waals surface area contributed by atoms with Gasteiger partial charge in [0.2, 0.25) is 0 Å². The van der Waals surface area contributed by atoms with Gasteiger partial charge < -0.3 is 20.3 Å². The molecule has 0 heterocycles. The molecular weight excluding hydrogens is 274 g/mol. The number of aliphatic carboxylic acids is 1. The van der Waals surface area contributed by atoms with Crippen molar-refractivity contribution in [2.24, 2.45) is 5.92 Å². The number of carboxylic acids is 1. The van der Waals surface area contributed by atoms with Crippen molar-refractivity contribution >= 4 is 11.9 Å². The van der Waals surface area contributed by atoms with Gasteiger partial charge in [-0.15, -0.1) is 0 Å². The quantitative estimate of drug-likeness (QED) is 0.765. The van der Waals surface area contributed by atoms with E-state index in [1.807, 2.05) is 0 Å². The van der Waals surface area contributed by atoms with E-state index in [1.54, 1.807) is 18.2 Å². The van der Waals surface area contributed by atoms with E-state index < -0.39 is 5.97 Å². The predicted octanol–water partition coefficient (Wildman–Crippen LogP) is 1.53. The van der Waals surface area contributed by atoms with Crippen molar-refractivity contribution in [1.29, 1.82) is 0 Å². The van der Waals surface area contributed by atoms with Gasteiger partial charge in [-0.25, -0.2) is 0 Å². The lowest BCUT2D eigenvalue weighted by Gasteiger charge is -2.27. The van der Waals surface area contributed by atoms with Crippen LogP contribution in [0.5, 0.6) is 11.5 Å². The first-order valence-electron chi connectivity index (χ1n) is 6.99. The standard InChI is InChI=1S/C15H19NO5/c17-12-6-1-2-7-13(12)21-9-14(18)16-11-5-3-4-10(8-11)15(19)20/h1-2,6-7,10-11,17H,3-5,8-9H2,(H,16,18)(H,19,20). The minimum atomic E-state index is -0.806. The SMILES string of the molecule is O=C(COc1ccccc1O)NC1CCCC(C(=O)O)C1. The molecule has 114 valence electrons. The highest BCUT2D eigenvalue weighted by molar-refractivity contribution is 5.78. The minimum absolute atomic E-state index is 0.0195. The normalized spacial score (nSPS) is 21.5. The fourth-order valence-corrected chi connectivity index (χ4v) is 2.54. The number of phenolic OH excluding ortho intramolecular Hbond substituents is 1. The topological polar surface area (TPSA) is 95.9 Å². The third kappa shape index (κ3) is 4.37. The summed E-state index contributed by atoms with van der Waals surface area (Å²) in [6.07, 6.45) is 2.70. The molecule has 0 spiro atoms. The number of carbonyl (C=O) groups excluding carboxylic acids is 1. The summed E-state index contributed by atoms with van der Waals surface area (Å²) in [5.41, 5.74) is 0. The Morgan fingerprint density at radius 2 is 2.05 bits per heavy atom. The molecule has 21 heavy (non-hydrogen) atoms. The van der Waals surface area contributed by atoms with E-state index in [-0.39, 0.29) is 36.0 Å². The zero-order chi connectivity index (χ0) is 15.2. The van der Waals surface area contributed by atoms with Crippen LogP contribution >= 0.6 is 0 Å². The molecule has 0 saturated heterocycles. The van der Waals surface area contributed by atoms with E-state index in [4.69, 9.17) is 9.84 Å². The Bertz CT molecular complexity index is 517. The number of rotatable bonds is 5. The molecule has 0 aromatic heterocycles. The van der Waals surface area contributed by atoms with Gasteiger partial charge in [0.25, 0.3) is 5.91 Å². The number of ether oxygens (including phenoxy) is 1. The van der Waals surface area contributed by atoms with Crippen LogP contribution in [0.25, 0.3) is 0 Å². The average molecular weight is 293 g/mol. The van der Waals surface area contributed by atoms with Crippen LogP contribution in [-0.4, -0.2) is 34.7 Å². The van der Waals surface area contributed by atoms with Crippen LogP contribution in [0.3, 0.4) is 0 Å². The Hall–Kier alpha value is -2.24. The third-order valence-electron chi connectivity index (χ3n) is 3.61. The molecule has 1 amide bonds. The number of benzene rings is 1. The molecule has 1 aromatic carbocycles. The van der Waals surface area contributed by atoms with Gasteiger partial charge in [-0.05, 0) is 31.4 Å². The van der Waals surface area contributed by atoms with Crippen LogP contribution in [0, 0.1) is 5.92 Å². The van der Waals surface area contributed by atoms with Crippen LogP contribution in [0.2, 0.25) is 0 Å². The first-order valence-corrected chi connectivity index (χ1v) is 6.99. The number of hydrogen-bond donors (Lipinski definition) is 3. The maximum Gasteiger partial charge on any atom is 0.306 e. The van der Waals surface area contributed by atoms with Crippen LogP contribution in [0.15, 0.2) is 24.3 Å². The van der Waals surface area contributed by atoms with E-state index >= 15 is 0 Å². The highest BCUT2D eigenvalue weighted by atomic mass is 16.5. The van der Waals surface area contributed by atoms with Gasteiger partial charge in [-0.2, -0.15) is 0 Å². The van der Waals surface area contributed by atoms with Gasteiger partial charge in [-0.3, -0.25) is 9.59 Å². The second-order valence-corrected chi connectivity index (χ2v) is 5.22. The van der Waals surface area contributed by atoms with E-state index in [0.29, 0.717) is 12.8 Å². The maximum atomic E-state index is 11.8. The third-order valence-corrected chi connectivity index (χ3v) is 3.61. The molecule has 0 bridgehead atoms. The Balaban J connectivity index is 1.79. The van der Waals surface area contributed by atoms with Gasteiger partial charge in [-0.1, -0.05) is 18.6 Å². The number of carboxylic acid groups (broad SMARTS) is 1. The molecule has 2 rings (SSSR count). The number of nitrogens with one attached hydrogen (secondary N) is 1. The van der Waals surface area contributed by atoms with Gasteiger partial charge in [0.05, 0.1) is 5.92 Å². The number of aromatic hydroxyl groups is 1. The molecule has 6 heteroatoms. The number of phenols is 1. The van der Waals surface area contributed by atoms with Crippen molar-refractivity contribution in [3.8, 4) is 11.5 Å². The molecule has 2 unspecified atom stereocenters. The summed E-state index contributed by atoms with van der Waals surface area (Å²) in [6.45, 7) is -0.203. The van der Waals surface area contributed by atoms with E-state index in [2.05, 4.69) is 5.32 Å². The number of para-hydroxylation sites is 2. The van der Waals surface area contributed by atoms with Gasteiger partial charge >= 0.3 is 5.97 Å². The van der Waals surface area contributed by atoms with Crippen molar-refractivity contribution in [2.75, 3.05) is 6.61 Å². The molecule has 0 aliphatic heterocycles. The molecule has 1 aliphatic carbocycles. The smallest absolute Gasteiger partial charge is 0.306 e. The summed E-state index contributed by atoms with van der Waals surface area (Å²) in [5, 5.41) is 21.3. The van der Waals surface area contributed by atoms with E-state index in [9.17, 15) is 14.7 Å². The number of amides is 1. The van der Waals surface area contributed by atoms with Crippen LogP contribution in [-0.2, 0) is 9.59 Å². The summed E-state index contributed by atoms with van der Waals surface area (Å²) in [6, 6.07) is 6.29. The molecular formula is C15H19NO5. The zero-order valence-electron chi connectivity index (χ0n) is 11.6. The first-order chi connectivity index (χ1) is 10.1. The Labute approximate surface area is 122 Å². The summed E-state index contributed by atoms with van der Waals surface area (Å²) in [4.78, 5) is 22.8. The van der Waals surface area contributed by atoms with Crippen LogP contribution in [0.4, 0.5) is 0 Å². The lowest BCUT2D eigenvalue weighted by molar-refractivity contribution is -0.143. The van der Waals surface area contributed by atoms with Crippen molar-refractivity contribution in [3.05, 3.63) is 24.3 Å².